The van der Waals surface area contributed by atoms with E-state index in [1.165, 1.54) is 42.5 Å². The van der Waals surface area contributed by atoms with Crippen LogP contribution in [0.4, 0.5) is 0 Å². The summed E-state index contributed by atoms with van der Waals surface area (Å²) in [5.41, 5.74) is 0. The molecule has 2 nitrogen and oxygen atoms in total. The van der Waals surface area contributed by atoms with Crippen molar-refractivity contribution in [1.29, 1.82) is 0 Å². The summed E-state index contributed by atoms with van der Waals surface area (Å²) < 4.78 is 5.81. The molecular formula is C11H20N2Pt. The second-order valence-corrected chi connectivity index (χ2v) is 4.77. The van der Waals surface area contributed by atoms with Crippen LogP contribution in [-0.4, -0.2) is 9.13 Å². The Kier molecular flexibility index (Phi) is 5.47. The molecule has 0 radical (unpaired) electrons. The van der Waals surface area contributed by atoms with Gasteiger partial charge in [0.15, 0.2) is 0 Å². The number of hydrogen-bond acceptors (Lipinski definition) is 0. The van der Waals surface area contributed by atoms with E-state index in [4.69, 9.17) is 0 Å². The van der Waals surface area contributed by atoms with E-state index in [9.17, 15) is 0 Å². The molecule has 0 aliphatic rings. The van der Waals surface area contributed by atoms with Crippen molar-refractivity contribution in [1.82, 2.24) is 9.13 Å². The van der Waals surface area contributed by atoms with Gasteiger partial charge in [0.05, 0.1) is 0 Å². The summed E-state index contributed by atoms with van der Waals surface area (Å²) in [5.74, 6) is 0. The van der Waals surface area contributed by atoms with Crippen LogP contribution in [0.3, 0.4) is 0 Å². The van der Waals surface area contributed by atoms with Gasteiger partial charge in [-0.05, 0) is 0 Å². The Morgan fingerprint density at radius 1 is 1.14 bits per heavy atom. The normalized spacial score (nSPS) is 10.9. The van der Waals surface area contributed by atoms with Crippen LogP contribution in [-0.2, 0) is 32.9 Å². The van der Waals surface area contributed by atoms with Crippen LogP contribution in [0.25, 0.3) is 0 Å². The second kappa shape index (κ2) is 6.39. The van der Waals surface area contributed by atoms with Crippen molar-refractivity contribution in [3.05, 3.63) is 16.2 Å². The summed E-state index contributed by atoms with van der Waals surface area (Å²) in [7, 11) is 2.09. The van der Waals surface area contributed by atoms with E-state index < -0.39 is 0 Å². The van der Waals surface area contributed by atoms with Gasteiger partial charge in [-0.2, -0.15) is 0 Å². The molecule has 1 rings (SSSR count). The third-order valence-corrected chi connectivity index (χ3v) is 3.92. The van der Waals surface area contributed by atoms with E-state index in [-0.39, 0.29) is 0 Å². The molecule has 0 saturated heterocycles. The molecule has 0 atom stereocenters. The number of aryl methyl sites for hydroxylation is 2. The van der Waals surface area contributed by atoms with Crippen LogP contribution in [0.15, 0.2) is 12.4 Å². The van der Waals surface area contributed by atoms with Gasteiger partial charge >= 0.3 is 97.3 Å². The molecule has 0 saturated carbocycles. The van der Waals surface area contributed by atoms with E-state index in [2.05, 4.69) is 54.9 Å². The topological polar surface area (TPSA) is 9.86 Å². The Morgan fingerprint density at radius 3 is 2.43 bits per heavy atom. The van der Waals surface area contributed by atoms with Crippen LogP contribution < -0.4 is 0 Å². The van der Waals surface area contributed by atoms with Gasteiger partial charge in [0, 0.05) is 0 Å². The monoisotopic (exact) mass is 375 g/mol. The standard InChI is InChI=1S/C11H20N2.Pt/c1-3-4-5-6-7-8-13-10-9-12(2)11-13;/h9-10H,3-8H2,1-2H3;. The van der Waals surface area contributed by atoms with E-state index in [0.29, 0.717) is 0 Å². The number of imidazole rings is 1. The van der Waals surface area contributed by atoms with Crippen molar-refractivity contribution in [3.8, 4) is 0 Å². The summed E-state index contributed by atoms with van der Waals surface area (Å²) in [6.45, 7) is 3.43. The number of unbranched alkanes of at least 4 members (excludes halogenated alkanes) is 4. The fraction of sp³-hybridized carbons (Fsp3) is 0.727. The molecule has 0 spiro atoms. The Hall–Kier alpha value is -0.102. The zero-order chi connectivity index (χ0) is 10.4. The van der Waals surface area contributed by atoms with Crippen molar-refractivity contribution in [2.75, 3.05) is 0 Å². The molecule has 0 aromatic carbocycles. The summed E-state index contributed by atoms with van der Waals surface area (Å²) in [6.07, 6.45) is 11.1. The summed E-state index contributed by atoms with van der Waals surface area (Å²) >= 11 is 2.38. The number of nitrogens with zero attached hydrogens (tertiary/aromatic N) is 2. The Morgan fingerprint density at radius 2 is 1.86 bits per heavy atom. The minimum absolute atomic E-state index is 1.17. The van der Waals surface area contributed by atoms with Crippen molar-refractivity contribution in [3.63, 3.8) is 0 Å². The van der Waals surface area contributed by atoms with Gasteiger partial charge < -0.3 is 0 Å². The van der Waals surface area contributed by atoms with E-state index in [0.717, 1.165) is 0 Å². The zero-order valence-electron chi connectivity index (χ0n) is 9.11. The summed E-state index contributed by atoms with van der Waals surface area (Å²) in [5, 5.41) is 0. The van der Waals surface area contributed by atoms with Gasteiger partial charge in [-0.1, -0.05) is 0 Å². The van der Waals surface area contributed by atoms with Crippen molar-refractivity contribution < 1.29 is 19.4 Å². The fourth-order valence-electron chi connectivity index (χ4n) is 1.54. The Bertz CT molecular complexity index is 311. The second-order valence-electron chi connectivity index (χ2n) is 3.76. The maximum atomic E-state index is 2.38. The van der Waals surface area contributed by atoms with Gasteiger partial charge in [-0.15, -0.1) is 0 Å². The summed E-state index contributed by atoms with van der Waals surface area (Å²) in [4.78, 5) is 0. The first-order valence-electron chi connectivity index (χ1n) is 5.43. The van der Waals surface area contributed by atoms with Crippen molar-refractivity contribution in [2.45, 2.75) is 45.6 Å². The molecule has 0 unspecified atom stereocenters. The van der Waals surface area contributed by atoms with Crippen LogP contribution in [0.2, 0.25) is 0 Å². The Labute approximate surface area is 97.4 Å². The van der Waals surface area contributed by atoms with Crippen LogP contribution in [0.1, 0.15) is 39.0 Å². The van der Waals surface area contributed by atoms with E-state index >= 15 is 0 Å². The minimum atomic E-state index is 1.17. The molecule has 1 heterocycles. The molecule has 0 aliphatic heterocycles. The van der Waals surface area contributed by atoms with Crippen molar-refractivity contribution in [2.24, 2.45) is 7.05 Å². The Balaban J connectivity index is 2.25. The SMILES string of the molecule is CCCCCCCn1ccn(C)[c]1=[Pt]. The molecule has 0 fully saturated rings. The number of hydrogen-bond donors (Lipinski definition) is 0. The van der Waals surface area contributed by atoms with E-state index in [1.807, 2.05) is 0 Å². The van der Waals surface area contributed by atoms with Crippen LogP contribution >= 0.6 is 0 Å². The molecule has 1 aromatic heterocycles. The number of aromatic nitrogens is 2. The molecular weight excluding hydrogens is 355 g/mol. The average Bonchev–Trinajstić information content (AvgIpc) is 2.49. The molecule has 0 N–H and O–H groups in total. The first-order valence-corrected chi connectivity index (χ1v) is 6.56. The third kappa shape index (κ3) is 3.57. The third-order valence-electron chi connectivity index (χ3n) is 2.46. The molecule has 0 amide bonds. The predicted molar refractivity (Wildman–Crippen MR) is 55.4 cm³/mol. The van der Waals surface area contributed by atoms with Crippen LogP contribution in [0, 0.1) is 3.80 Å². The zero-order valence-corrected chi connectivity index (χ0v) is 11.4. The van der Waals surface area contributed by atoms with Crippen LogP contribution in [0.5, 0.6) is 0 Å². The molecule has 0 bridgehead atoms. The molecule has 3 heteroatoms. The quantitative estimate of drug-likeness (QED) is 0.677. The van der Waals surface area contributed by atoms with Gasteiger partial charge in [0.25, 0.3) is 0 Å². The molecule has 1 aromatic rings. The average molecular weight is 375 g/mol. The molecule has 84 valence electrons. The van der Waals surface area contributed by atoms with Gasteiger partial charge in [-0.3, -0.25) is 0 Å². The maximum absolute atomic E-state index is 2.38. The van der Waals surface area contributed by atoms with Gasteiger partial charge in [0.2, 0.25) is 0 Å². The van der Waals surface area contributed by atoms with Crippen molar-refractivity contribution >= 4 is 0 Å². The molecule has 14 heavy (non-hydrogen) atoms. The first-order chi connectivity index (χ1) is 6.75. The fourth-order valence-corrected chi connectivity index (χ4v) is 2.14. The predicted octanol–water partition coefficient (Wildman–Crippen LogP) is 2.88. The first kappa shape index (κ1) is 12.0. The van der Waals surface area contributed by atoms with E-state index in [1.54, 1.807) is 0 Å². The van der Waals surface area contributed by atoms with Gasteiger partial charge in [0.1, 0.15) is 0 Å². The van der Waals surface area contributed by atoms with Gasteiger partial charge in [-0.25, -0.2) is 0 Å². The number of rotatable bonds is 6. The molecule has 0 aliphatic carbocycles. The summed E-state index contributed by atoms with van der Waals surface area (Å²) in [6, 6.07) is 0.